The standard InChI is InChI=1S/C15H17Cl2N3OS/c1-4-15(3,5-2)13-19-20-14(22-13)18-12(21)11-9(16)7-6-8-10(11)17/h6-8H,4-5H2,1-3H3,(H,18,20,21). The van der Waals surface area contributed by atoms with E-state index in [4.69, 9.17) is 23.2 Å². The van der Waals surface area contributed by atoms with Crippen molar-refractivity contribution in [3.8, 4) is 0 Å². The summed E-state index contributed by atoms with van der Waals surface area (Å²) in [5, 5.41) is 13.0. The second-order valence-corrected chi connectivity index (χ2v) is 7.02. The first-order valence-electron chi connectivity index (χ1n) is 7.00. The molecule has 2 rings (SSSR count). The van der Waals surface area contributed by atoms with Gasteiger partial charge in [-0.05, 0) is 25.0 Å². The molecule has 22 heavy (non-hydrogen) atoms. The Bertz CT molecular complexity index is 663. The molecule has 0 aliphatic carbocycles. The molecule has 0 radical (unpaired) electrons. The van der Waals surface area contributed by atoms with Gasteiger partial charge < -0.3 is 0 Å². The van der Waals surface area contributed by atoms with Crippen LogP contribution >= 0.6 is 34.5 Å². The fourth-order valence-electron chi connectivity index (χ4n) is 1.94. The lowest BCUT2D eigenvalue weighted by Crippen LogP contribution is -2.19. The highest BCUT2D eigenvalue weighted by molar-refractivity contribution is 7.15. The molecule has 7 heteroatoms. The summed E-state index contributed by atoms with van der Waals surface area (Å²) in [6.07, 6.45) is 1.92. The average molecular weight is 358 g/mol. The Labute approximate surface area is 143 Å². The van der Waals surface area contributed by atoms with Crippen LogP contribution in [0, 0.1) is 0 Å². The minimum atomic E-state index is -0.381. The Morgan fingerprint density at radius 2 is 1.82 bits per heavy atom. The molecule has 0 unspecified atom stereocenters. The van der Waals surface area contributed by atoms with E-state index in [1.165, 1.54) is 11.3 Å². The highest BCUT2D eigenvalue weighted by Gasteiger charge is 2.27. The van der Waals surface area contributed by atoms with Gasteiger partial charge in [0.1, 0.15) is 5.01 Å². The molecule has 1 heterocycles. The van der Waals surface area contributed by atoms with Crippen molar-refractivity contribution in [2.75, 3.05) is 5.32 Å². The van der Waals surface area contributed by atoms with Crippen LogP contribution in [0.2, 0.25) is 10.0 Å². The van der Waals surface area contributed by atoms with Gasteiger partial charge in [-0.15, -0.1) is 10.2 Å². The number of nitrogens with zero attached hydrogens (tertiary/aromatic N) is 2. The first-order chi connectivity index (χ1) is 10.4. The zero-order valence-electron chi connectivity index (χ0n) is 12.6. The molecule has 0 atom stereocenters. The highest BCUT2D eigenvalue weighted by Crippen LogP contribution is 2.34. The topological polar surface area (TPSA) is 54.9 Å². The number of benzene rings is 1. The quantitative estimate of drug-likeness (QED) is 0.802. The summed E-state index contributed by atoms with van der Waals surface area (Å²) in [5.74, 6) is -0.381. The van der Waals surface area contributed by atoms with Crippen LogP contribution in [0.3, 0.4) is 0 Å². The van der Waals surface area contributed by atoms with Gasteiger partial charge in [0, 0.05) is 5.41 Å². The molecule has 0 aliphatic rings. The van der Waals surface area contributed by atoms with Crippen molar-refractivity contribution >= 4 is 45.6 Å². The van der Waals surface area contributed by atoms with Crippen molar-refractivity contribution in [2.24, 2.45) is 0 Å². The molecule has 1 amide bonds. The van der Waals surface area contributed by atoms with Gasteiger partial charge >= 0.3 is 0 Å². The van der Waals surface area contributed by atoms with Crippen LogP contribution in [0.5, 0.6) is 0 Å². The van der Waals surface area contributed by atoms with Crippen LogP contribution in [-0.2, 0) is 5.41 Å². The number of halogens is 2. The van der Waals surface area contributed by atoms with E-state index in [2.05, 4.69) is 36.3 Å². The highest BCUT2D eigenvalue weighted by atomic mass is 35.5. The SMILES string of the molecule is CCC(C)(CC)c1nnc(NC(=O)c2c(Cl)cccc2Cl)s1. The number of anilines is 1. The zero-order chi connectivity index (χ0) is 16.3. The summed E-state index contributed by atoms with van der Waals surface area (Å²) in [5.41, 5.74) is 0.221. The lowest BCUT2D eigenvalue weighted by molar-refractivity contribution is 0.102. The molecule has 0 aliphatic heterocycles. The van der Waals surface area contributed by atoms with E-state index in [1.54, 1.807) is 18.2 Å². The molecule has 1 aromatic carbocycles. The van der Waals surface area contributed by atoms with E-state index in [1.807, 2.05) is 0 Å². The second-order valence-electron chi connectivity index (χ2n) is 5.23. The van der Waals surface area contributed by atoms with Gasteiger partial charge in [-0.1, -0.05) is 61.4 Å². The number of aromatic nitrogens is 2. The van der Waals surface area contributed by atoms with Crippen LogP contribution in [0.4, 0.5) is 5.13 Å². The van der Waals surface area contributed by atoms with Crippen molar-refractivity contribution < 1.29 is 4.79 Å². The van der Waals surface area contributed by atoms with Gasteiger partial charge in [0.15, 0.2) is 0 Å². The minimum Gasteiger partial charge on any atom is -0.296 e. The predicted molar refractivity (Wildman–Crippen MR) is 92.3 cm³/mol. The Morgan fingerprint density at radius 1 is 1.23 bits per heavy atom. The first kappa shape index (κ1) is 17.2. The molecular weight excluding hydrogens is 341 g/mol. The average Bonchev–Trinajstić information content (AvgIpc) is 2.95. The number of nitrogens with one attached hydrogen (secondary N) is 1. The Balaban J connectivity index is 2.22. The van der Waals surface area contributed by atoms with E-state index in [9.17, 15) is 4.79 Å². The maximum absolute atomic E-state index is 12.3. The van der Waals surface area contributed by atoms with Crippen LogP contribution in [-0.4, -0.2) is 16.1 Å². The van der Waals surface area contributed by atoms with Crippen LogP contribution in [0.15, 0.2) is 18.2 Å². The van der Waals surface area contributed by atoms with Crippen molar-refractivity contribution in [2.45, 2.75) is 39.0 Å². The Morgan fingerprint density at radius 3 is 2.36 bits per heavy atom. The first-order valence-corrected chi connectivity index (χ1v) is 8.58. The number of amides is 1. The van der Waals surface area contributed by atoms with Crippen molar-refractivity contribution in [3.63, 3.8) is 0 Å². The van der Waals surface area contributed by atoms with E-state index in [-0.39, 0.29) is 16.9 Å². The van der Waals surface area contributed by atoms with Gasteiger partial charge in [0.05, 0.1) is 15.6 Å². The summed E-state index contributed by atoms with van der Waals surface area (Å²) in [6.45, 7) is 6.38. The van der Waals surface area contributed by atoms with Crippen molar-refractivity contribution in [3.05, 3.63) is 38.8 Å². The molecule has 118 valence electrons. The molecule has 2 aromatic rings. The van der Waals surface area contributed by atoms with Crippen LogP contribution in [0.25, 0.3) is 0 Å². The largest absolute Gasteiger partial charge is 0.296 e. The van der Waals surface area contributed by atoms with Crippen LogP contribution < -0.4 is 5.32 Å². The molecule has 0 saturated carbocycles. The smallest absolute Gasteiger partial charge is 0.260 e. The fraction of sp³-hybridized carbons (Fsp3) is 0.400. The number of rotatable bonds is 5. The second kappa shape index (κ2) is 6.94. The van der Waals surface area contributed by atoms with Gasteiger partial charge in [-0.3, -0.25) is 10.1 Å². The van der Waals surface area contributed by atoms with Gasteiger partial charge in [-0.25, -0.2) is 0 Å². The summed E-state index contributed by atoms with van der Waals surface area (Å²) < 4.78 is 0. The summed E-state index contributed by atoms with van der Waals surface area (Å²) in [4.78, 5) is 12.3. The predicted octanol–water partition coefficient (Wildman–Crippen LogP) is 5.17. The van der Waals surface area contributed by atoms with E-state index >= 15 is 0 Å². The van der Waals surface area contributed by atoms with E-state index in [0.717, 1.165) is 17.8 Å². The fourth-order valence-corrected chi connectivity index (χ4v) is 3.54. The van der Waals surface area contributed by atoms with Gasteiger partial charge in [0.2, 0.25) is 5.13 Å². The minimum absolute atomic E-state index is 0.0251. The van der Waals surface area contributed by atoms with Crippen molar-refractivity contribution in [1.29, 1.82) is 0 Å². The van der Waals surface area contributed by atoms with Gasteiger partial charge in [0.25, 0.3) is 5.91 Å². The third-order valence-electron chi connectivity index (χ3n) is 3.91. The number of carbonyl (C=O) groups is 1. The molecular formula is C15H17Cl2N3OS. The maximum Gasteiger partial charge on any atom is 0.260 e. The molecule has 0 spiro atoms. The third kappa shape index (κ3) is 3.42. The van der Waals surface area contributed by atoms with E-state index in [0.29, 0.717) is 15.2 Å². The van der Waals surface area contributed by atoms with Crippen molar-refractivity contribution in [1.82, 2.24) is 10.2 Å². The van der Waals surface area contributed by atoms with Gasteiger partial charge in [-0.2, -0.15) is 0 Å². The summed E-state index contributed by atoms with van der Waals surface area (Å²) in [6, 6.07) is 4.94. The lowest BCUT2D eigenvalue weighted by atomic mass is 9.86. The zero-order valence-corrected chi connectivity index (χ0v) is 14.9. The number of hydrogen-bond acceptors (Lipinski definition) is 4. The molecule has 0 saturated heterocycles. The maximum atomic E-state index is 12.3. The third-order valence-corrected chi connectivity index (χ3v) is 5.69. The number of hydrogen-bond donors (Lipinski definition) is 1. The molecule has 0 bridgehead atoms. The molecule has 1 N–H and O–H groups in total. The number of carbonyl (C=O) groups excluding carboxylic acids is 1. The Hall–Kier alpha value is -1.17. The molecule has 1 aromatic heterocycles. The molecule has 4 nitrogen and oxygen atoms in total. The lowest BCUT2D eigenvalue weighted by Gasteiger charge is -2.22. The Kier molecular flexibility index (Phi) is 5.42. The monoisotopic (exact) mass is 357 g/mol. The summed E-state index contributed by atoms with van der Waals surface area (Å²) >= 11 is 13.5. The van der Waals surface area contributed by atoms with E-state index < -0.39 is 0 Å². The summed E-state index contributed by atoms with van der Waals surface area (Å²) in [7, 11) is 0. The molecule has 0 fully saturated rings. The normalized spacial score (nSPS) is 11.5. The van der Waals surface area contributed by atoms with Crippen LogP contribution in [0.1, 0.15) is 49.0 Å².